The highest BCUT2D eigenvalue weighted by atomic mass is 32.1. The Kier molecular flexibility index (Phi) is 4.05. The van der Waals surface area contributed by atoms with Gasteiger partial charge in [-0.3, -0.25) is 4.79 Å². The second-order valence-electron chi connectivity index (χ2n) is 6.24. The molecule has 4 rings (SSSR count). The molecule has 0 aliphatic carbocycles. The molecule has 0 radical (unpaired) electrons. The third kappa shape index (κ3) is 2.94. The first-order valence-corrected chi connectivity index (χ1v) is 9.00. The van der Waals surface area contributed by atoms with Gasteiger partial charge in [0.1, 0.15) is 10.6 Å². The number of hydrogen-bond acceptors (Lipinski definition) is 4. The van der Waals surface area contributed by atoms with Gasteiger partial charge < -0.3 is 9.64 Å². The zero-order valence-corrected chi connectivity index (χ0v) is 14.8. The standard InChI is InChI=1S/C18H18FN3O2S/c1-11-10-21(7-8-24-11)17(23)16-9-15-12(2)20-22(18(15)25-16)14-5-3-13(19)4-6-14/h3-6,9,11H,7-8,10H2,1-2H3. The van der Waals surface area contributed by atoms with Crippen LogP contribution in [0.1, 0.15) is 22.3 Å². The average molecular weight is 359 g/mol. The fourth-order valence-corrected chi connectivity index (χ4v) is 4.22. The number of aryl methyl sites for hydroxylation is 1. The number of ether oxygens (including phenoxy) is 1. The topological polar surface area (TPSA) is 47.4 Å². The van der Waals surface area contributed by atoms with Crippen LogP contribution in [0.4, 0.5) is 4.39 Å². The van der Waals surface area contributed by atoms with Gasteiger partial charge in [0, 0.05) is 18.5 Å². The van der Waals surface area contributed by atoms with Crippen molar-refractivity contribution in [3.8, 4) is 5.69 Å². The molecule has 2 aromatic heterocycles. The van der Waals surface area contributed by atoms with Gasteiger partial charge >= 0.3 is 0 Å². The van der Waals surface area contributed by atoms with Crippen molar-refractivity contribution in [3.63, 3.8) is 0 Å². The molecular weight excluding hydrogens is 341 g/mol. The largest absolute Gasteiger partial charge is 0.375 e. The van der Waals surface area contributed by atoms with Crippen LogP contribution in [0.2, 0.25) is 0 Å². The Labute approximate surface area is 148 Å². The lowest BCUT2D eigenvalue weighted by atomic mass is 10.2. The van der Waals surface area contributed by atoms with Crippen molar-refractivity contribution in [2.75, 3.05) is 19.7 Å². The van der Waals surface area contributed by atoms with Crippen LogP contribution in [-0.2, 0) is 4.74 Å². The predicted octanol–water partition coefficient (Wildman–Crippen LogP) is 3.40. The smallest absolute Gasteiger partial charge is 0.264 e. The quantitative estimate of drug-likeness (QED) is 0.705. The van der Waals surface area contributed by atoms with E-state index in [0.29, 0.717) is 24.6 Å². The fourth-order valence-electron chi connectivity index (χ4n) is 3.07. The van der Waals surface area contributed by atoms with E-state index in [2.05, 4.69) is 5.10 Å². The number of aromatic nitrogens is 2. The highest BCUT2D eigenvalue weighted by molar-refractivity contribution is 7.20. The Balaban J connectivity index is 1.72. The van der Waals surface area contributed by atoms with E-state index in [9.17, 15) is 9.18 Å². The number of hydrogen-bond donors (Lipinski definition) is 0. The molecule has 1 unspecified atom stereocenters. The van der Waals surface area contributed by atoms with E-state index >= 15 is 0 Å². The van der Waals surface area contributed by atoms with E-state index in [1.165, 1.54) is 23.5 Å². The van der Waals surface area contributed by atoms with Crippen LogP contribution in [0, 0.1) is 12.7 Å². The van der Waals surface area contributed by atoms with Crippen molar-refractivity contribution in [3.05, 3.63) is 46.7 Å². The molecule has 1 amide bonds. The van der Waals surface area contributed by atoms with Gasteiger partial charge in [0.25, 0.3) is 5.91 Å². The van der Waals surface area contributed by atoms with Crippen LogP contribution < -0.4 is 0 Å². The molecule has 1 aliphatic rings. The highest BCUT2D eigenvalue weighted by Gasteiger charge is 2.25. The molecule has 1 aromatic carbocycles. The molecule has 1 atom stereocenters. The van der Waals surface area contributed by atoms with Gasteiger partial charge in [-0.2, -0.15) is 5.10 Å². The first-order valence-electron chi connectivity index (χ1n) is 8.19. The molecule has 0 spiro atoms. The number of amides is 1. The summed E-state index contributed by atoms with van der Waals surface area (Å²) in [6.07, 6.45) is 0.0588. The second kappa shape index (κ2) is 6.24. The average Bonchev–Trinajstić information content (AvgIpc) is 3.16. The van der Waals surface area contributed by atoms with Crippen molar-refractivity contribution in [2.45, 2.75) is 20.0 Å². The maximum Gasteiger partial charge on any atom is 0.264 e. The predicted molar refractivity (Wildman–Crippen MR) is 95.0 cm³/mol. The van der Waals surface area contributed by atoms with Crippen LogP contribution in [0.5, 0.6) is 0 Å². The second-order valence-corrected chi connectivity index (χ2v) is 7.27. The minimum atomic E-state index is -0.285. The van der Waals surface area contributed by atoms with Gasteiger partial charge in [-0.15, -0.1) is 11.3 Å². The Hall–Kier alpha value is -2.25. The summed E-state index contributed by atoms with van der Waals surface area (Å²) in [5.41, 5.74) is 1.63. The van der Waals surface area contributed by atoms with Crippen LogP contribution in [0.3, 0.4) is 0 Å². The molecule has 7 heteroatoms. The molecule has 25 heavy (non-hydrogen) atoms. The molecule has 130 valence electrons. The van der Waals surface area contributed by atoms with E-state index in [4.69, 9.17) is 4.74 Å². The molecular formula is C18H18FN3O2S. The Morgan fingerprint density at radius 3 is 2.84 bits per heavy atom. The van der Waals surface area contributed by atoms with Gasteiger partial charge in [0.05, 0.1) is 29.0 Å². The third-order valence-corrected chi connectivity index (χ3v) is 5.45. The maximum atomic E-state index is 13.2. The van der Waals surface area contributed by atoms with E-state index in [-0.39, 0.29) is 17.8 Å². The normalized spacial score (nSPS) is 18.0. The van der Waals surface area contributed by atoms with Crippen LogP contribution >= 0.6 is 11.3 Å². The van der Waals surface area contributed by atoms with Gasteiger partial charge in [-0.1, -0.05) is 0 Å². The minimum absolute atomic E-state index is 0.0291. The Bertz CT molecular complexity index is 932. The number of nitrogens with zero attached hydrogens (tertiary/aromatic N) is 3. The summed E-state index contributed by atoms with van der Waals surface area (Å²) < 4.78 is 20.5. The summed E-state index contributed by atoms with van der Waals surface area (Å²) in [4.78, 5) is 16.2. The minimum Gasteiger partial charge on any atom is -0.375 e. The molecule has 1 fully saturated rings. The first kappa shape index (κ1) is 16.2. The number of benzene rings is 1. The molecule has 5 nitrogen and oxygen atoms in total. The highest BCUT2D eigenvalue weighted by Crippen LogP contribution is 2.31. The summed E-state index contributed by atoms with van der Waals surface area (Å²) in [5.74, 6) is -0.256. The van der Waals surface area contributed by atoms with E-state index in [1.807, 2.05) is 24.8 Å². The zero-order chi connectivity index (χ0) is 17.6. The summed E-state index contributed by atoms with van der Waals surface area (Å²) in [5, 5.41) is 5.49. The lowest BCUT2D eigenvalue weighted by Crippen LogP contribution is -2.44. The van der Waals surface area contributed by atoms with Crippen LogP contribution in [0.15, 0.2) is 30.3 Å². The SMILES string of the molecule is Cc1nn(-c2ccc(F)cc2)c2sc(C(=O)N3CCOC(C)C3)cc12. The molecule has 3 heterocycles. The summed E-state index contributed by atoms with van der Waals surface area (Å²) in [6, 6.07) is 8.10. The van der Waals surface area contributed by atoms with E-state index in [0.717, 1.165) is 21.6 Å². The number of carbonyl (C=O) groups is 1. The Morgan fingerprint density at radius 1 is 1.36 bits per heavy atom. The van der Waals surface area contributed by atoms with Crippen molar-refractivity contribution in [1.82, 2.24) is 14.7 Å². The lowest BCUT2D eigenvalue weighted by molar-refractivity contribution is -0.0122. The van der Waals surface area contributed by atoms with Crippen LogP contribution in [-0.4, -0.2) is 46.4 Å². The van der Waals surface area contributed by atoms with Gasteiger partial charge in [0.15, 0.2) is 0 Å². The Morgan fingerprint density at radius 2 is 2.12 bits per heavy atom. The summed E-state index contributed by atoms with van der Waals surface area (Å²) in [6.45, 7) is 5.68. The number of carbonyl (C=O) groups excluding carboxylic acids is 1. The van der Waals surface area contributed by atoms with Crippen molar-refractivity contribution in [1.29, 1.82) is 0 Å². The number of halogens is 1. The van der Waals surface area contributed by atoms with E-state index in [1.54, 1.807) is 16.8 Å². The molecule has 1 saturated heterocycles. The van der Waals surface area contributed by atoms with Crippen molar-refractivity contribution >= 4 is 27.5 Å². The molecule has 3 aromatic rings. The number of rotatable bonds is 2. The number of morpholine rings is 1. The number of fused-ring (bicyclic) bond motifs is 1. The van der Waals surface area contributed by atoms with Gasteiger partial charge in [0.2, 0.25) is 0 Å². The van der Waals surface area contributed by atoms with Crippen molar-refractivity contribution < 1.29 is 13.9 Å². The van der Waals surface area contributed by atoms with Gasteiger partial charge in [-0.25, -0.2) is 9.07 Å². The summed E-state index contributed by atoms with van der Waals surface area (Å²) >= 11 is 1.42. The third-order valence-electron chi connectivity index (χ3n) is 4.35. The monoisotopic (exact) mass is 359 g/mol. The summed E-state index contributed by atoms with van der Waals surface area (Å²) in [7, 11) is 0. The van der Waals surface area contributed by atoms with Gasteiger partial charge in [-0.05, 0) is 44.2 Å². The molecule has 0 N–H and O–H groups in total. The van der Waals surface area contributed by atoms with Crippen molar-refractivity contribution in [2.24, 2.45) is 0 Å². The van der Waals surface area contributed by atoms with Crippen LogP contribution in [0.25, 0.3) is 15.9 Å². The number of thiophene rings is 1. The first-order chi connectivity index (χ1) is 12.0. The lowest BCUT2D eigenvalue weighted by Gasteiger charge is -2.30. The fraction of sp³-hybridized carbons (Fsp3) is 0.333. The maximum absolute atomic E-state index is 13.2. The van der Waals surface area contributed by atoms with E-state index < -0.39 is 0 Å². The zero-order valence-electron chi connectivity index (χ0n) is 14.0. The molecule has 0 saturated carbocycles. The molecule has 0 bridgehead atoms. The molecule has 1 aliphatic heterocycles.